The summed E-state index contributed by atoms with van der Waals surface area (Å²) in [6.45, 7) is 1.78. The predicted octanol–water partition coefficient (Wildman–Crippen LogP) is 2.70. The van der Waals surface area contributed by atoms with E-state index in [4.69, 9.17) is 15.9 Å². The number of nitrogens with one attached hydrogen (secondary N) is 1. The van der Waals surface area contributed by atoms with Crippen LogP contribution in [0.15, 0.2) is 42.5 Å². The molecule has 2 aromatic carbocycles. The predicted molar refractivity (Wildman–Crippen MR) is 85.5 cm³/mol. The molecule has 0 aliphatic carbocycles. The standard InChI is InChI=1S/2C8H9NO2/c1-9-7-5-3-2-4-6(7)8(10)11;1-5-3-2-4-6(7(5)9)8(10)11/h2-5,9H,1H3,(H,10,11);2-4H,9H2,1H3,(H,10,11). The fourth-order valence-electron chi connectivity index (χ4n) is 1.75. The van der Waals surface area contributed by atoms with Gasteiger partial charge in [-0.2, -0.15) is 0 Å². The molecular formula is C16H18N2O4. The summed E-state index contributed by atoms with van der Waals surface area (Å²) in [7, 11) is 1.70. The monoisotopic (exact) mass is 302 g/mol. The van der Waals surface area contributed by atoms with Gasteiger partial charge in [0.05, 0.1) is 11.1 Å². The Balaban J connectivity index is 0.000000220. The van der Waals surface area contributed by atoms with Crippen molar-refractivity contribution in [2.75, 3.05) is 18.1 Å². The molecule has 0 radical (unpaired) electrons. The van der Waals surface area contributed by atoms with E-state index < -0.39 is 11.9 Å². The molecule has 2 rings (SSSR count). The lowest BCUT2D eigenvalue weighted by Gasteiger charge is -2.02. The lowest BCUT2D eigenvalue weighted by atomic mass is 10.1. The number of benzene rings is 2. The molecule has 0 amide bonds. The fraction of sp³-hybridized carbons (Fsp3) is 0.125. The summed E-state index contributed by atoms with van der Waals surface area (Å²) >= 11 is 0. The van der Waals surface area contributed by atoms with Gasteiger partial charge in [-0.1, -0.05) is 24.3 Å². The molecule has 0 aliphatic heterocycles. The summed E-state index contributed by atoms with van der Waals surface area (Å²) in [5.74, 6) is -1.89. The Morgan fingerprint density at radius 1 is 0.955 bits per heavy atom. The minimum Gasteiger partial charge on any atom is -0.478 e. The lowest BCUT2D eigenvalue weighted by molar-refractivity contribution is 0.0687. The summed E-state index contributed by atoms with van der Waals surface area (Å²) in [5.41, 5.74) is 7.76. The van der Waals surface area contributed by atoms with Crippen LogP contribution in [-0.2, 0) is 0 Å². The van der Waals surface area contributed by atoms with Crippen LogP contribution in [0.25, 0.3) is 0 Å². The smallest absolute Gasteiger partial charge is 0.337 e. The van der Waals surface area contributed by atoms with E-state index >= 15 is 0 Å². The highest BCUT2D eigenvalue weighted by Gasteiger charge is 2.07. The number of nitrogen functional groups attached to an aromatic ring is 1. The van der Waals surface area contributed by atoms with Gasteiger partial charge in [0.25, 0.3) is 0 Å². The molecule has 0 aromatic heterocycles. The van der Waals surface area contributed by atoms with Gasteiger partial charge in [-0.3, -0.25) is 0 Å². The number of para-hydroxylation sites is 2. The van der Waals surface area contributed by atoms with E-state index in [9.17, 15) is 9.59 Å². The molecular weight excluding hydrogens is 284 g/mol. The Morgan fingerprint density at radius 3 is 1.95 bits per heavy atom. The van der Waals surface area contributed by atoms with Crippen LogP contribution in [0.5, 0.6) is 0 Å². The summed E-state index contributed by atoms with van der Waals surface area (Å²) in [6.07, 6.45) is 0. The first-order valence-electron chi connectivity index (χ1n) is 6.47. The van der Waals surface area contributed by atoms with Crippen LogP contribution in [0.3, 0.4) is 0 Å². The van der Waals surface area contributed by atoms with Gasteiger partial charge in [0, 0.05) is 18.4 Å². The van der Waals surface area contributed by atoms with Gasteiger partial charge in [-0.25, -0.2) is 9.59 Å². The molecule has 0 spiro atoms. The number of nitrogens with two attached hydrogens (primary N) is 1. The second-order valence-corrected chi connectivity index (χ2v) is 4.44. The third-order valence-corrected chi connectivity index (χ3v) is 2.98. The van der Waals surface area contributed by atoms with E-state index in [1.807, 2.05) is 0 Å². The van der Waals surface area contributed by atoms with Crippen molar-refractivity contribution in [1.29, 1.82) is 0 Å². The number of carbonyl (C=O) groups is 2. The number of rotatable bonds is 3. The average molecular weight is 302 g/mol. The van der Waals surface area contributed by atoms with E-state index in [0.717, 1.165) is 5.56 Å². The van der Waals surface area contributed by atoms with E-state index in [1.54, 1.807) is 50.4 Å². The van der Waals surface area contributed by atoms with Gasteiger partial charge in [0.1, 0.15) is 0 Å². The highest BCUT2D eigenvalue weighted by atomic mass is 16.4. The van der Waals surface area contributed by atoms with Gasteiger partial charge >= 0.3 is 11.9 Å². The number of carboxylic acids is 2. The van der Waals surface area contributed by atoms with Crippen molar-refractivity contribution < 1.29 is 19.8 Å². The summed E-state index contributed by atoms with van der Waals surface area (Å²) in [6, 6.07) is 11.7. The van der Waals surface area contributed by atoms with Crippen LogP contribution < -0.4 is 11.1 Å². The maximum atomic E-state index is 10.5. The van der Waals surface area contributed by atoms with Crippen molar-refractivity contribution in [3.63, 3.8) is 0 Å². The molecule has 0 saturated carbocycles. The zero-order chi connectivity index (χ0) is 16.7. The second-order valence-electron chi connectivity index (χ2n) is 4.44. The van der Waals surface area contributed by atoms with Crippen LogP contribution in [-0.4, -0.2) is 29.2 Å². The highest BCUT2D eigenvalue weighted by molar-refractivity contribution is 5.94. The van der Waals surface area contributed by atoms with Crippen LogP contribution in [0.1, 0.15) is 26.3 Å². The number of anilines is 2. The van der Waals surface area contributed by atoms with Crippen molar-refractivity contribution in [2.45, 2.75) is 6.92 Å². The number of carboxylic acid groups (broad SMARTS) is 2. The van der Waals surface area contributed by atoms with Gasteiger partial charge in [0.15, 0.2) is 0 Å². The van der Waals surface area contributed by atoms with Crippen LogP contribution in [0.4, 0.5) is 11.4 Å². The summed E-state index contributed by atoms with van der Waals surface area (Å²) in [4.78, 5) is 21.0. The molecule has 0 heterocycles. The zero-order valence-electron chi connectivity index (χ0n) is 12.3. The molecule has 5 N–H and O–H groups in total. The first kappa shape index (κ1) is 17.0. The Hall–Kier alpha value is -3.02. The Kier molecular flexibility index (Phi) is 5.95. The molecule has 0 unspecified atom stereocenters. The van der Waals surface area contributed by atoms with E-state index in [2.05, 4.69) is 5.32 Å². The molecule has 0 bridgehead atoms. The van der Waals surface area contributed by atoms with Gasteiger partial charge in [0.2, 0.25) is 0 Å². The van der Waals surface area contributed by atoms with Gasteiger partial charge in [-0.15, -0.1) is 0 Å². The SMILES string of the molecule is CNc1ccccc1C(=O)O.Cc1cccc(C(=O)O)c1N. The number of hydrogen-bond donors (Lipinski definition) is 4. The van der Waals surface area contributed by atoms with Crippen molar-refractivity contribution in [1.82, 2.24) is 0 Å². The normalized spacial score (nSPS) is 9.36. The van der Waals surface area contributed by atoms with Crippen LogP contribution >= 0.6 is 0 Å². The second kappa shape index (κ2) is 7.68. The van der Waals surface area contributed by atoms with E-state index in [0.29, 0.717) is 16.9 Å². The Morgan fingerprint density at radius 2 is 1.50 bits per heavy atom. The van der Waals surface area contributed by atoms with Crippen molar-refractivity contribution >= 4 is 23.3 Å². The van der Waals surface area contributed by atoms with E-state index in [-0.39, 0.29) is 5.56 Å². The Bertz CT molecular complexity index is 684. The van der Waals surface area contributed by atoms with Crippen LogP contribution in [0.2, 0.25) is 0 Å². The zero-order valence-corrected chi connectivity index (χ0v) is 12.3. The highest BCUT2D eigenvalue weighted by Crippen LogP contribution is 2.15. The maximum Gasteiger partial charge on any atom is 0.337 e. The van der Waals surface area contributed by atoms with Crippen LogP contribution in [0, 0.1) is 6.92 Å². The minimum absolute atomic E-state index is 0.171. The van der Waals surface area contributed by atoms with Crippen molar-refractivity contribution in [3.05, 3.63) is 59.2 Å². The molecule has 0 atom stereocenters. The van der Waals surface area contributed by atoms with Gasteiger partial charge in [-0.05, 0) is 30.7 Å². The molecule has 116 valence electrons. The number of aryl methyl sites for hydroxylation is 1. The molecule has 22 heavy (non-hydrogen) atoms. The van der Waals surface area contributed by atoms with Crippen molar-refractivity contribution in [2.24, 2.45) is 0 Å². The quantitative estimate of drug-likeness (QED) is 0.648. The molecule has 6 nitrogen and oxygen atoms in total. The number of aromatic carboxylic acids is 2. The summed E-state index contributed by atoms with van der Waals surface area (Å²) in [5, 5.41) is 20.1. The maximum absolute atomic E-state index is 10.5. The summed E-state index contributed by atoms with van der Waals surface area (Å²) < 4.78 is 0. The fourth-order valence-corrected chi connectivity index (χ4v) is 1.75. The number of hydrogen-bond acceptors (Lipinski definition) is 4. The molecule has 0 saturated heterocycles. The van der Waals surface area contributed by atoms with Gasteiger partial charge < -0.3 is 21.3 Å². The average Bonchev–Trinajstić information content (AvgIpc) is 2.50. The largest absolute Gasteiger partial charge is 0.478 e. The molecule has 0 fully saturated rings. The first-order chi connectivity index (χ1) is 10.4. The van der Waals surface area contributed by atoms with E-state index in [1.165, 1.54) is 6.07 Å². The molecule has 0 aliphatic rings. The lowest BCUT2D eigenvalue weighted by Crippen LogP contribution is -2.03. The molecule has 2 aromatic rings. The third-order valence-electron chi connectivity index (χ3n) is 2.98. The minimum atomic E-state index is -0.980. The third kappa shape index (κ3) is 4.24. The first-order valence-corrected chi connectivity index (χ1v) is 6.47. The molecule has 6 heteroatoms. The Labute approximate surface area is 128 Å². The topological polar surface area (TPSA) is 113 Å². The van der Waals surface area contributed by atoms with Crippen molar-refractivity contribution in [3.8, 4) is 0 Å².